The van der Waals surface area contributed by atoms with Crippen molar-refractivity contribution in [1.82, 2.24) is 25.5 Å². The van der Waals surface area contributed by atoms with Crippen molar-refractivity contribution in [3.05, 3.63) is 36.2 Å². The van der Waals surface area contributed by atoms with E-state index in [0.29, 0.717) is 6.04 Å². The summed E-state index contributed by atoms with van der Waals surface area (Å²) < 4.78 is 1.81. The molecule has 2 rings (SSSR count). The Morgan fingerprint density at radius 3 is 2.61 bits per heavy atom. The van der Waals surface area contributed by atoms with E-state index in [-0.39, 0.29) is 5.92 Å². The molecule has 5 nitrogen and oxygen atoms in total. The van der Waals surface area contributed by atoms with E-state index in [1.165, 1.54) is 0 Å². The van der Waals surface area contributed by atoms with Gasteiger partial charge in [-0.05, 0) is 36.0 Å². The number of likely N-dealkylation sites (N-methyl/N-ethyl adjacent to an activating group) is 1. The molecule has 1 aromatic carbocycles. The van der Waals surface area contributed by atoms with Crippen LogP contribution in [-0.4, -0.2) is 33.3 Å². The average Bonchev–Trinajstić information content (AvgIpc) is 2.90. The standard InChI is InChI=1S/C13H19N5/c1-4-12(14-3)10(2)13-15-16-17-18(13)11-8-6-5-7-9-11/h5-10,12,14H,4H2,1-3H3. The SMILES string of the molecule is CCC(NC)C(C)c1nnnn1-c1ccccc1. The van der Waals surface area contributed by atoms with Crippen molar-refractivity contribution < 1.29 is 0 Å². The van der Waals surface area contributed by atoms with Crippen molar-refractivity contribution in [3.8, 4) is 5.69 Å². The summed E-state index contributed by atoms with van der Waals surface area (Å²) in [5.41, 5.74) is 0.996. The van der Waals surface area contributed by atoms with Gasteiger partial charge in [-0.2, -0.15) is 4.68 Å². The van der Waals surface area contributed by atoms with E-state index in [2.05, 4.69) is 34.7 Å². The number of nitrogens with zero attached hydrogens (tertiary/aromatic N) is 4. The molecule has 0 aliphatic heterocycles. The number of hydrogen-bond donors (Lipinski definition) is 1. The van der Waals surface area contributed by atoms with Crippen molar-refractivity contribution in [2.24, 2.45) is 0 Å². The fourth-order valence-electron chi connectivity index (χ4n) is 2.22. The number of rotatable bonds is 5. The van der Waals surface area contributed by atoms with Crippen LogP contribution in [0, 0.1) is 0 Å². The van der Waals surface area contributed by atoms with Gasteiger partial charge in [-0.25, -0.2) is 0 Å². The summed E-state index contributed by atoms with van der Waals surface area (Å²) in [5, 5.41) is 15.4. The first kappa shape index (κ1) is 12.7. The molecule has 0 bridgehead atoms. The van der Waals surface area contributed by atoms with Crippen molar-refractivity contribution in [1.29, 1.82) is 0 Å². The van der Waals surface area contributed by atoms with E-state index in [0.717, 1.165) is 17.9 Å². The zero-order chi connectivity index (χ0) is 13.0. The highest BCUT2D eigenvalue weighted by Gasteiger charge is 2.22. The van der Waals surface area contributed by atoms with Gasteiger partial charge in [0.05, 0.1) is 5.69 Å². The van der Waals surface area contributed by atoms with Crippen molar-refractivity contribution in [3.63, 3.8) is 0 Å². The normalized spacial score (nSPS) is 14.4. The van der Waals surface area contributed by atoms with E-state index < -0.39 is 0 Å². The third-order valence-electron chi connectivity index (χ3n) is 3.32. The van der Waals surface area contributed by atoms with Crippen LogP contribution in [0.25, 0.3) is 5.69 Å². The second-order valence-electron chi connectivity index (χ2n) is 4.38. The van der Waals surface area contributed by atoms with Gasteiger partial charge in [0.15, 0.2) is 5.82 Å². The molecule has 2 unspecified atom stereocenters. The first-order valence-electron chi connectivity index (χ1n) is 6.28. The predicted octanol–water partition coefficient (Wildman–Crippen LogP) is 1.76. The molecule has 1 aromatic heterocycles. The molecule has 5 heteroatoms. The Kier molecular flexibility index (Phi) is 4.04. The number of nitrogens with one attached hydrogen (secondary N) is 1. The van der Waals surface area contributed by atoms with Gasteiger partial charge >= 0.3 is 0 Å². The maximum atomic E-state index is 4.17. The minimum atomic E-state index is 0.259. The summed E-state index contributed by atoms with van der Waals surface area (Å²) in [4.78, 5) is 0. The van der Waals surface area contributed by atoms with Gasteiger partial charge in [-0.1, -0.05) is 32.0 Å². The number of aromatic nitrogens is 4. The van der Waals surface area contributed by atoms with E-state index in [1.807, 2.05) is 42.1 Å². The zero-order valence-electron chi connectivity index (χ0n) is 11.0. The van der Waals surface area contributed by atoms with E-state index in [4.69, 9.17) is 0 Å². The summed E-state index contributed by atoms with van der Waals surface area (Å²) in [7, 11) is 1.97. The van der Waals surface area contributed by atoms with Gasteiger partial charge in [-0.3, -0.25) is 0 Å². The maximum absolute atomic E-state index is 4.17. The van der Waals surface area contributed by atoms with Gasteiger partial charge in [0.1, 0.15) is 0 Å². The molecule has 0 fully saturated rings. The van der Waals surface area contributed by atoms with Gasteiger partial charge < -0.3 is 5.32 Å². The van der Waals surface area contributed by atoms with Gasteiger partial charge in [0, 0.05) is 12.0 Å². The molecule has 18 heavy (non-hydrogen) atoms. The highest BCUT2D eigenvalue weighted by Crippen LogP contribution is 2.20. The monoisotopic (exact) mass is 245 g/mol. The van der Waals surface area contributed by atoms with Crippen molar-refractivity contribution in [2.45, 2.75) is 32.2 Å². The molecule has 0 aliphatic carbocycles. The fourth-order valence-corrected chi connectivity index (χ4v) is 2.22. The van der Waals surface area contributed by atoms with E-state index in [9.17, 15) is 0 Å². The summed E-state index contributed by atoms with van der Waals surface area (Å²) in [6.45, 7) is 4.31. The lowest BCUT2D eigenvalue weighted by atomic mass is 9.99. The zero-order valence-corrected chi connectivity index (χ0v) is 11.0. The molecule has 96 valence electrons. The molecular formula is C13H19N5. The highest BCUT2D eigenvalue weighted by atomic mass is 15.5. The molecule has 2 aromatic rings. The predicted molar refractivity (Wildman–Crippen MR) is 70.7 cm³/mol. The fraction of sp³-hybridized carbons (Fsp3) is 0.462. The summed E-state index contributed by atoms with van der Waals surface area (Å²) >= 11 is 0. The summed E-state index contributed by atoms with van der Waals surface area (Å²) in [6, 6.07) is 10.3. The van der Waals surface area contributed by atoms with Crippen LogP contribution < -0.4 is 5.32 Å². The van der Waals surface area contributed by atoms with Crippen LogP contribution in [-0.2, 0) is 0 Å². The van der Waals surface area contributed by atoms with E-state index >= 15 is 0 Å². The minimum absolute atomic E-state index is 0.259. The Balaban J connectivity index is 2.33. The first-order chi connectivity index (χ1) is 8.77. The average molecular weight is 245 g/mol. The molecule has 0 spiro atoms. The molecule has 0 radical (unpaired) electrons. The van der Waals surface area contributed by atoms with E-state index in [1.54, 1.807) is 0 Å². The van der Waals surface area contributed by atoms with Gasteiger partial charge in [0.25, 0.3) is 0 Å². The first-order valence-corrected chi connectivity index (χ1v) is 6.28. The molecule has 0 amide bonds. The minimum Gasteiger partial charge on any atom is -0.316 e. The molecule has 1 N–H and O–H groups in total. The smallest absolute Gasteiger partial charge is 0.161 e. The van der Waals surface area contributed by atoms with Crippen molar-refractivity contribution >= 4 is 0 Å². The molecule has 2 atom stereocenters. The molecule has 0 saturated heterocycles. The Bertz CT molecular complexity index is 475. The largest absolute Gasteiger partial charge is 0.316 e. The van der Waals surface area contributed by atoms with Crippen molar-refractivity contribution in [2.75, 3.05) is 7.05 Å². The lowest BCUT2D eigenvalue weighted by Crippen LogP contribution is -2.31. The Labute approximate surface area is 107 Å². The summed E-state index contributed by atoms with van der Waals surface area (Å²) in [6.07, 6.45) is 1.04. The topological polar surface area (TPSA) is 55.6 Å². The molecule has 0 saturated carbocycles. The van der Waals surface area contributed by atoms with Crippen LogP contribution in [0.5, 0.6) is 0 Å². The second kappa shape index (κ2) is 5.73. The molecule has 0 aliphatic rings. The lowest BCUT2D eigenvalue weighted by Gasteiger charge is -2.21. The Morgan fingerprint density at radius 1 is 1.28 bits per heavy atom. The van der Waals surface area contributed by atoms with Crippen LogP contribution in [0.15, 0.2) is 30.3 Å². The number of para-hydroxylation sites is 1. The van der Waals surface area contributed by atoms with Crippen LogP contribution in [0.2, 0.25) is 0 Å². The third kappa shape index (κ3) is 2.41. The van der Waals surface area contributed by atoms with Gasteiger partial charge in [0.2, 0.25) is 0 Å². The van der Waals surface area contributed by atoms with Crippen LogP contribution in [0.3, 0.4) is 0 Å². The number of tetrazole rings is 1. The summed E-state index contributed by atoms with van der Waals surface area (Å²) in [5.74, 6) is 1.15. The third-order valence-corrected chi connectivity index (χ3v) is 3.32. The quantitative estimate of drug-likeness (QED) is 0.872. The Morgan fingerprint density at radius 2 is 2.00 bits per heavy atom. The van der Waals surface area contributed by atoms with Crippen LogP contribution in [0.4, 0.5) is 0 Å². The molecular weight excluding hydrogens is 226 g/mol. The Hall–Kier alpha value is -1.75. The number of benzene rings is 1. The number of hydrogen-bond acceptors (Lipinski definition) is 4. The second-order valence-corrected chi connectivity index (χ2v) is 4.38. The van der Waals surface area contributed by atoms with Gasteiger partial charge in [-0.15, -0.1) is 5.10 Å². The molecule has 1 heterocycles. The van der Waals surface area contributed by atoms with Crippen LogP contribution >= 0.6 is 0 Å². The lowest BCUT2D eigenvalue weighted by molar-refractivity contribution is 0.451. The highest BCUT2D eigenvalue weighted by molar-refractivity contribution is 5.31. The maximum Gasteiger partial charge on any atom is 0.161 e. The van der Waals surface area contributed by atoms with Crippen LogP contribution in [0.1, 0.15) is 32.0 Å².